The van der Waals surface area contributed by atoms with Crippen molar-refractivity contribution in [1.82, 2.24) is 9.47 Å². The molecule has 0 spiro atoms. The van der Waals surface area contributed by atoms with E-state index in [2.05, 4.69) is 22.9 Å². The first-order chi connectivity index (χ1) is 16.6. The molecule has 3 heterocycles. The third-order valence-electron chi connectivity index (χ3n) is 6.84. The molecular weight excluding hydrogens is 430 g/mol. The Balaban J connectivity index is 1.40. The Hall–Kier alpha value is -3.03. The Morgan fingerprint density at radius 3 is 2.76 bits per heavy atom. The van der Waals surface area contributed by atoms with Crippen LogP contribution in [-0.4, -0.2) is 69.1 Å². The summed E-state index contributed by atoms with van der Waals surface area (Å²) in [5.74, 6) is 1.54. The van der Waals surface area contributed by atoms with E-state index in [0.29, 0.717) is 12.0 Å². The Morgan fingerprint density at radius 1 is 1.03 bits per heavy atom. The second-order valence-corrected chi connectivity index (χ2v) is 9.19. The van der Waals surface area contributed by atoms with Gasteiger partial charge >= 0.3 is 0 Å². The van der Waals surface area contributed by atoms with Gasteiger partial charge in [-0.2, -0.15) is 0 Å². The summed E-state index contributed by atoms with van der Waals surface area (Å²) in [6.07, 6.45) is 5.23. The number of rotatable bonds is 6. The van der Waals surface area contributed by atoms with Crippen molar-refractivity contribution in [1.29, 1.82) is 0 Å². The van der Waals surface area contributed by atoms with Crippen LogP contribution in [0.1, 0.15) is 19.3 Å². The van der Waals surface area contributed by atoms with E-state index in [1.165, 1.54) is 0 Å². The first kappa shape index (κ1) is 22.7. The Labute approximate surface area is 200 Å². The summed E-state index contributed by atoms with van der Waals surface area (Å²) in [6, 6.07) is 13.6. The Morgan fingerprint density at radius 2 is 1.94 bits per heavy atom. The van der Waals surface area contributed by atoms with Crippen LogP contribution in [0.5, 0.6) is 11.5 Å². The molecule has 2 aliphatic heterocycles. The average molecular weight is 464 g/mol. The van der Waals surface area contributed by atoms with Gasteiger partial charge in [-0.1, -0.05) is 0 Å². The third-order valence-corrected chi connectivity index (χ3v) is 6.84. The minimum atomic E-state index is -0.0608. The summed E-state index contributed by atoms with van der Waals surface area (Å²) in [6.45, 7) is 5.43. The van der Waals surface area contributed by atoms with E-state index >= 15 is 0 Å². The lowest BCUT2D eigenvalue weighted by atomic mass is 10.1. The topological polar surface area (TPSA) is 56.2 Å². The molecule has 34 heavy (non-hydrogen) atoms. The quantitative estimate of drug-likeness (QED) is 0.556. The van der Waals surface area contributed by atoms with Gasteiger partial charge in [-0.25, -0.2) is 0 Å². The van der Waals surface area contributed by atoms with Crippen LogP contribution in [0.3, 0.4) is 0 Å². The lowest BCUT2D eigenvalue weighted by Crippen LogP contribution is -2.29. The molecule has 0 N–H and O–H groups in total. The Bertz CT molecular complexity index is 1200. The molecule has 1 aromatic heterocycles. The molecule has 2 fully saturated rings. The van der Waals surface area contributed by atoms with E-state index in [9.17, 15) is 4.79 Å². The van der Waals surface area contributed by atoms with E-state index in [1.54, 1.807) is 11.7 Å². The highest BCUT2D eigenvalue weighted by Gasteiger charge is 2.18. The van der Waals surface area contributed by atoms with Crippen LogP contribution in [-0.2, 0) is 4.74 Å². The van der Waals surface area contributed by atoms with Crippen LogP contribution in [0.25, 0.3) is 16.5 Å². The maximum Gasteiger partial charge on any atom is 0.262 e. The molecule has 0 saturated carbocycles. The first-order valence-electron chi connectivity index (χ1n) is 12.1. The highest BCUT2D eigenvalue weighted by molar-refractivity contribution is 5.83. The van der Waals surface area contributed by atoms with Gasteiger partial charge in [0.05, 0.1) is 24.6 Å². The molecule has 0 bridgehead atoms. The minimum absolute atomic E-state index is 0.0608. The number of fused-ring (bicyclic) bond motifs is 1. The molecule has 5 rings (SSSR count). The first-order valence-corrected chi connectivity index (χ1v) is 12.1. The normalized spacial score (nSPS) is 19.4. The van der Waals surface area contributed by atoms with Crippen LogP contribution in [0.15, 0.2) is 53.5 Å². The number of aromatic nitrogens is 1. The summed E-state index contributed by atoms with van der Waals surface area (Å²) in [5.41, 5.74) is 1.80. The van der Waals surface area contributed by atoms with Gasteiger partial charge < -0.3 is 24.0 Å². The number of likely N-dealkylation sites (N-methyl/N-ethyl adjacent to an activating group) is 1. The van der Waals surface area contributed by atoms with Crippen molar-refractivity contribution in [3.63, 3.8) is 0 Å². The van der Waals surface area contributed by atoms with Gasteiger partial charge in [-0.3, -0.25) is 9.36 Å². The Kier molecular flexibility index (Phi) is 6.74. The lowest BCUT2D eigenvalue weighted by molar-refractivity contribution is 0.0680. The maximum atomic E-state index is 13.3. The van der Waals surface area contributed by atoms with Gasteiger partial charge in [0.2, 0.25) is 0 Å². The predicted octanol–water partition coefficient (Wildman–Crippen LogP) is 3.70. The molecule has 2 saturated heterocycles. The fraction of sp³-hybridized carbons (Fsp3) is 0.444. The van der Waals surface area contributed by atoms with Crippen LogP contribution in [0, 0.1) is 0 Å². The van der Waals surface area contributed by atoms with Crippen molar-refractivity contribution in [2.75, 3.05) is 58.5 Å². The molecule has 3 aromatic rings. The molecule has 0 amide bonds. The number of nitrogens with zero attached hydrogens (tertiary/aromatic N) is 3. The van der Waals surface area contributed by atoms with Gasteiger partial charge in [-0.15, -0.1) is 0 Å². The fourth-order valence-electron chi connectivity index (χ4n) is 4.85. The zero-order valence-electron chi connectivity index (χ0n) is 20.0. The minimum Gasteiger partial charge on any atom is -0.495 e. The van der Waals surface area contributed by atoms with Crippen molar-refractivity contribution >= 4 is 16.5 Å². The van der Waals surface area contributed by atoms with Crippen LogP contribution in [0.4, 0.5) is 5.69 Å². The summed E-state index contributed by atoms with van der Waals surface area (Å²) >= 11 is 0. The van der Waals surface area contributed by atoms with Gasteiger partial charge in [0.25, 0.3) is 5.56 Å². The van der Waals surface area contributed by atoms with E-state index < -0.39 is 0 Å². The van der Waals surface area contributed by atoms with Crippen molar-refractivity contribution in [3.8, 4) is 17.2 Å². The molecule has 2 aliphatic rings. The summed E-state index contributed by atoms with van der Waals surface area (Å²) < 4.78 is 19.0. The van der Waals surface area contributed by atoms with Crippen LogP contribution in [0.2, 0.25) is 0 Å². The molecule has 7 nitrogen and oxygen atoms in total. The highest BCUT2D eigenvalue weighted by atomic mass is 16.5. The average Bonchev–Trinajstić information content (AvgIpc) is 3.29. The smallest absolute Gasteiger partial charge is 0.262 e. The van der Waals surface area contributed by atoms with Gasteiger partial charge in [0.1, 0.15) is 18.1 Å². The molecule has 180 valence electrons. The largest absolute Gasteiger partial charge is 0.495 e. The number of anilines is 1. The van der Waals surface area contributed by atoms with E-state index in [4.69, 9.17) is 14.2 Å². The van der Waals surface area contributed by atoms with Crippen molar-refractivity contribution < 1.29 is 14.2 Å². The highest BCUT2D eigenvalue weighted by Crippen LogP contribution is 2.31. The summed E-state index contributed by atoms with van der Waals surface area (Å²) in [5, 5.41) is 1.52. The second kappa shape index (κ2) is 10.1. The van der Waals surface area contributed by atoms with E-state index in [1.807, 2.05) is 42.6 Å². The van der Waals surface area contributed by atoms with E-state index in [-0.39, 0.29) is 11.7 Å². The standard InChI is InChI=1S/C27H33N3O4/c1-28-11-4-12-29(15-14-28)25-9-6-21(18-26(25)32-2)30-13-10-20-17-22(7-8-24(20)27(30)31)34-19-23-5-3-16-33-23/h6-10,13,17-18,23H,3-5,11-12,14-16,19H2,1-2H3/t23-/m0/s1. The SMILES string of the molecule is COc1cc(-n2ccc3cc(OC[C@@H]4CCCO4)ccc3c2=O)ccc1N1CCCN(C)CC1. The van der Waals surface area contributed by atoms with E-state index in [0.717, 1.165) is 80.3 Å². The molecular formula is C27H33N3O4. The summed E-state index contributed by atoms with van der Waals surface area (Å²) in [4.78, 5) is 18.0. The van der Waals surface area contributed by atoms with Gasteiger partial charge in [0, 0.05) is 43.9 Å². The molecule has 2 aromatic carbocycles. The van der Waals surface area contributed by atoms with Gasteiger partial charge in [-0.05, 0) is 74.6 Å². The van der Waals surface area contributed by atoms with Gasteiger partial charge in [0.15, 0.2) is 0 Å². The lowest BCUT2D eigenvalue weighted by Gasteiger charge is -2.25. The van der Waals surface area contributed by atoms with Crippen molar-refractivity contribution in [2.24, 2.45) is 0 Å². The number of hydrogen-bond acceptors (Lipinski definition) is 6. The van der Waals surface area contributed by atoms with Crippen molar-refractivity contribution in [3.05, 3.63) is 59.0 Å². The number of methoxy groups -OCH3 is 1. The monoisotopic (exact) mass is 463 g/mol. The maximum absolute atomic E-state index is 13.3. The number of benzene rings is 2. The van der Waals surface area contributed by atoms with Crippen LogP contribution < -0.4 is 19.9 Å². The summed E-state index contributed by atoms with van der Waals surface area (Å²) in [7, 11) is 3.85. The number of hydrogen-bond donors (Lipinski definition) is 0. The number of pyridine rings is 1. The number of ether oxygens (including phenoxy) is 3. The molecule has 0 aliphatic carbocycles. The van der Waals surface area contributed by atoms with Crippen molar-refractivity contribution in [2.45, 2.75) is 25.4 Å². The molecule has 7 heteroatoms. The molecule has 0 radical (unpaired) electrons. The molecule has 1 atom stereocenters. The molecule has 0 unspecified atom stereocenters. The zero-order valence-corrected chi connectivity index (χ0v) is 20.0. The zero-order chi connectivity index (χ0) is 23.5. The fourth-order valence-corrected chi connectivity index (χ4v) is 4.85. The second-order valence-electron chi connectivity index (χ2n) is 9.19. The predicted molar refractivity (Wildman–Crippen MR) is 135 cm³/mol. The van der Waals surface area contributed by atoms with Crippen LogP contribution >= 0.6 is 0 Å². The third kappa shape index (κ3) is 4.76.